The van der Waals surface area contributed by atoms with E-state index in [1.807, 2.05) is 42.6 Å². The zero-order chi connectivity index (χ0) is 19.2. The number of nitrogens with zero attached hydrogens (tertiary/aromatic N) is 4. The molecule has 0 aliphatic rings. The van der Waals surface area contributed by atoms with Crippen LogP contribution >= 0.6 is 11.3 Å². The van der Waals surface area contributed by atoms with Gasteiger partial charge in [-0.1, -0.05) is 12.1 Å². The van der Waals surface area contributed by atoms with E-state index in [0.717, 1.165) is 55.2 Å². The van der Waals surface area contributed by atoms with Crippen molar-refractivity contribution in [1.29, 1.82) is 0 Å². The van der Waals surface area contributed by atoms with Crippen LogP contribution < -0.4 is 0 Å². The first kappa shape index (κ1) is 16.1. The predicted molar refractivity (Wildman–Crippen MR) is 116 cm³/mol. The summed E-state index contributed by atoms with van der Waals surface area (Å²) < 4.78 is 0. The van der Waals surface area contributed by atoms with Crippen LogP contribution in [0, 0.1) is 0 Å². The maximum absolute atomic E-state index is 4.60. The highest BCUT2D eigenvalue weighted by molar-refractivity contribution is 7.13. The summed E-state index contributed by atoms with van der Waals surface area (Å²) >= 11 is 1.69. The second-order valence-electron chi connectivity index (χ2n) is 6.68. The summed E-state index contributed by atoms with van der Waals surface area (Å²) in [6.07, 6.45) is 5.41. The Kier molecular flexibility index (Phi) is 3.54. The lowest BCUT2D eigenvalue weighted by Crippen LogP contribution is -1.86. The Balaban J connectivity index is 1.53. The Hall–Kier alpha value is -3.84. The quantitative estimate of drug-likeness (QED) is 0.427. The Morgan fingerprint density at radius 1 is 0.759 bits per heavy atom. The van der Waals surface area contributed by atoms with Crippen molar-refractivity contribution in [2.45, 2.75) is 0 Å². The SMILES string of the molecule is c1ccc(-c2cc3c(-c4cc5c(-c6cccs6)nccc5[nH]4)n[nH]c3cn2)nc1. The molecule has 0 saturated carbocycles. The van der Waals surface area contributed by atoms with Gasteiger partial charge in [-0.05, 0) is 41.8 Å². The molecule has 0 atom stereocenters. The van der Waals surface area contributed by atoms with Crippen LogP contribution in [0.4, 0.5) is 0 Å². The molecule has 7 heteroatoms. The zero-order valence-electron chi connectivity index (χ0n) is 15.1. The van der Waals surface area contributed by atoms with Gasteiger partial charge in [0, 0.05) is 28.7 Å². The number of hydrogen-bond acceptors (Lipinski definition) is 5. The molecular formula is C22H14N6S. The summed E-state index contributed by atoms with van der Waals surface area (Å²) in [5, 5.41) is 11.8. The van der Waals surface area contributed by atoms with Gasteiger partial charge in [-0.15, -0.1) is 11.3 Å². The minimum atomic E-state index is 0.817. The van der Waals surface area contributed by atoms with Crippen LogP contribution in [0.15, 0.2) is 72.5 Å². The number of pyridine rings is 3. The summed E-state index contributed by atoms with van der Waals surface area (Å²) in [7, 11) is 0. The molecule has 6 heterocycles. The largest absolute Gasteiger partial charge is 0.353 e. The molecular weight excluding hydrogens is 380 g/mol. The molecule has 0 aliphatic carbocycles. The van der Waals surface area contributed by atoms with Gasteiger partial charge >= 0.3 is 0 Å². The first-order chi connectivity index (χ1) is 14.4. The number of H-pyrrole nitrogens is 2. The molecule has 29 heavy (non-hydrogen) atoms. The van der Waals surface area contributed by atoms with Crippen molar-refractivity contribution in [2.75, 3.05) is 0 Å². The lowest BCUT2D eigenvalue weighted by molar-refractivity contribution is 1.11. The first-order valence-corrected chi connectivity index (χ1v) is 10.0. The van der Waals surface area contributed by atoms with E-state index in [2.05, 4.69) is 47.6 Å². The normalized spacial score (nSPS) is 11.4. The van der Waals surface area contributed by atoms with Gasteiger partial charge in [-0.25, -0.2) is 0 Å². The molecule has 0 bridgehead atoms. The van der Waals surface area contributed by atoms with Gasteiger partial charge in [-0.3, -0.25) is 20.1 Å². The molecule has 138 valence electrons. The third kappa shape index (κ3) is 2.63. The molecule has 0 spiro atoms. The van der Waals surface area contributed by atoms with Crippen LogP contribution in [0.2, 0.25) is 0 Å². The average molecular weight is 394 g/mol. The van der Waals surface area contributed by atoms with Crippen LogP contribution in [-0.2, 0) is 0 Å². The van der Waals surface area contributed by atoms with E-state index < -0.39 is 0 Å². The van der Waals surface area contributed by atoms with Crippen LogP contribution in [0.1, 0.15) is 0 Å². The van der Waals surface area contributed by atoms with Crippen molar-refractivity contribution in [3.05, 3.63) is 72.5 Å². The Labute approximate surface area is 169 Å². The van der Waals surface area contributed by atoms with Crippen molar-refractivity contribution in [1.82, 2.24) is 30.1 Å². The third-order valence-electron chi connectivity index (χ3n) is 4.93. The first-order valence-electron chi connectivity index (χ1n) is 9.14. The number of hydrogen-bond donors (Lipinski definition) is 2. The molecule has 6 aromatic heterocycles. The number of rotatable bonds is 3. The van der Waals surface area contributed by atoms with E-state index in [4.69, 9.17) is 0 Å². The maximum atomic E-state index is 4.60. The maximum Gasteiger partial charge on any atom is 0.116 e. The molecule has 2 N–H and O–H groups in total. The summed E-state index contributed by atoms with van der Waals surface area (Å²) in [5.41, 5.74) is 6.35. The van der Waals surface area contributed by atoms with Crippen LogP contribution in [0.25, 0.3) is 55.2 Å². The van der Waals surface area contributed by atoms with Crippen LogP contribution in [0.3, 0.4) is 0 Å². The van der Waals surface area contributed by atoms with E-state index in [9.17, 15) is 0 Å². The van der Waals surface area contributed by atoms with Gasteiger partial charge < -0.3 is 4.98 Å². The summed E-state index contributed by atoms with van der Waals surface area (Å²) in [5.74, 6) is 0. The van der Waals surface area contributed by atoms with Gasteiger partial charge in [0.05, 0.1) is 39.4 Å². The van der Waals surface area contributed by atoms with E-state index in [1.54, 1.807) is 23.7 Å². The third-order valence-corrected chi connectivity index (χ3v) is 5.81. The number of aromatic nitrogens is 6. The van der Waals surface area contributed by atoms with E-state index in [-0.39, 0.29) is 0 Å². The molecule has 6 aromatic rings. The zero-order valence-corrected chi connectivity index (χ0v) is 15.9. The minimum absolute atomic E-state index is 0.817. The highest BCUT2D eigenvalue weighted by Gasteiger charge is 2.15. The lowest BCUT2D eigenvalue weighted by atomic mass is 10.1. The molecule has 0 fully saturated rings. The molecule has 0 aromatic carbocycles. The Morgan fingerprint density at radius 2 is 1.72 bits per heavy atom. The average Bonchev–Trinajstić information content (AvgIpc) is 3.52. The van der Waals surface area contributed by atoms with E-state index >= 15 is 0 Å². The molecule has 6 rings (SSSR count). The van der Waals surface area contributed by atoms with E-state index in [0.29, 0.717) is 0 Å². The van der Waals surface area contributed by atoms with Gasteiger partial charge in [0.1, 0.15) is 5.69 Å². The predicted octanol–water partition coefficient (Wildman–Crippen LogP) is 5.29. The highest BCUT2D eigenvalue weighted by Crippen LogP contribution is 2.34. The number of aromatic amines is 2. The van der Waals surface area contributed by atoms with Crippen LogP contribution in [-0.4, -0.2) is 30.1 Å². The summed E-state index contributed by atoms with van der Waals surface area (Å²) in [6.45, 7) is 0. The highest BCUT2D eigenvalue weighted by atomic mass is 32.1. The van der Waals surface area contributed by atoms with Crippen molar-refractivity contribution in [3.63, 3.8) is 0 Å². The Morgan fingerprint density at radius 3 is 2.59 bits per heavy atom. The fourth-order valence-electron chi connectivity index (χ4n) is 3.57. The van der Waals surface area contributed by atoms with Gasteiger partial charge in [-0.2, -0.15) is 5.10 Å². The van der Waals surface area contributed by atoms with Gasteiger partial charge in [0.15, 0.2) is 0 Å². The fraction of sp³-hybridized carbons (Fsp3) is 0. The second-order valence-corrected chi connectivity index (χ2v) is 7.63. The Bertz CT molecular complexity index is 1450. The second kappa shape index (κ2) is 6.35. The topological polar surface area (TPSA) is 83.1 Å². The number of fused-ring (bicyclic) bond motifs is 2. The van der Waals surface area contributed by atoms with Crippen molar-refractivity contribution < 1.29 is 0 Å². The van der Waals surface area contributed by atoms with Crippen molar-refractivity contribution >= 4 is 33.1 Å². The van der Waals surface area contributed by atoms with Crippen molar-refractivity contribution in [2.24, 2.45) is 0 Å². The minimum Gasteiger partial charge on any atom is -0.353 e. The summed E-state index contributed by atoms with van der Waals surface area (Å²) in [6, 6.07) is 16.1. The molecule has 0 radical (unpaired) electrons. The monoisotopic (exact) mass is 394 g/mol. The van der Waals surface area contributed by atoms with Crippen LogP contribution in [0.5, 0.6) is 0 Å². The van der Waals surface area contributed by atoms with Gasteiger partial charge in [0.25, 0.3) is 0 Å². The van der Waals surface area contributed by atoms with Gasteiger partial charge in [0.2, 0.25) is 0 Å². The summed E-state index contributed by atoms with van der Waals surface area (Å²) in [4.78, 5) is 18.2. The lowest BCUT2D eigenvalue weighted by Gasteiger charge is -2.00. The molecule has 0 unspecified atom stereocenters. The molecule has 0 amide bonds. The molecule has 6 nitrogen and oxygen atoms in total. The molecule has 0 aliphatic heterocycles. The fourth-order valence-corrected chi connectivity index (χ4v) is 4.30. The number of thiophene rings is 1. The molecule has 0 saturated heterocycles. The number of nitrogens with one attached hydrogen (secondary N) is 2. The van der Waals surface area contributed by atoms with Crippen molar-refractivity contribution in [3.8, 4) is 33.3 Å². The smallest absolute Gasteiger partial charge is 0.116 e. The standard InChI is InChI=1S/C22H14N6S/c1-2-7-23-16(4-1)17-10-14-19(12-25-17)27-28-21(14)18-11-13-15(26-18)6-8-24-22(13)20-5-3-9-29-20/h1-12,26H,(H,27,28). The van der Waals surface area contributed by atoms with E-state index in [1.165, 1.54) is 0 Å².